The number of nitrogens with one attached hydrogen (secondary N) is 2. The van der Waals surface area contributed by atoms with Gasteiger partial charge >= 0.3 is 0 Å². The van der Waals surface area contributed by atoms with Crippen molar-refractivity contribution in [1.82, 2.24) is 20.4 Å². The Hall–Kier alpha value is -1.36. The number of hydrogen-bond acceptors (Lipinski definition) is 3. The zero-order valence-electron chi connectivity index (χ0n) is 9.52. The van der Waals surface area contributed by atoms with Gasteiger partial charge in [-0.2, -0.15) is 5.10 Å². The molecule has 1 atom stereocenters. The van der Waals surface area contributed by atoms with Crippen LogP contribution in [0.25, 0.3) is 0 Å². The van der Waals surface area contributed by atoms with Gasteiger partial charge in [0.15, 0.2) is 0 Å². The van der Waals surface area contributed by atoms with E-state index in [2.05, 4.69) is 15.7 Å². The van der Waals surface area contributed by atoms with Gasteiger partial charge in [-0.3, -0.25) is 9.48 Å². The van der Waals surface area contributed by atoms with E-state index in [1.54, 1.807) is 6.20 Å². The van der Waals surface area contributed by atoms with Crippen LogP contribution in [-0.2, 0) is 11.3 Å². The van der Waals surface area contributed by atoms with Crippen LogP contribution in [-0.4, -0.2) is 34.3 Å². The van der Waals surface area contributed by atoms with Gasteiger partial charge in [-0.25, -0.2) is 0 Å². The quantitative estimate of drug-likeness (QED) is 0.720. The second kappa shape index (κ2) is 5.12. The van der Waals surface area contributed by atoms with E-state index in [0.29, 0.717) is 12.6 Å². The second-order valence-electron chi connectivity index (χ2n) is 4.35. The maximum atomic E-state index is 11.4. The van der Waals surface area contributed by atoms with Gasteiger partial charge in [0.1, 0.15) is 0 Å². The first-order valence-electron chi connectivity index (χ1n) is 5.74. The van der Waals surface area contributed by atoms with E-state index in [1.165, 1.54) is 0 Å². The molecule has 16 heavy (non-hydrogen) atoms. The number of amides is 1. The minimum absolute atomic E-state index is 0.0924. The normalized spacial score (nSPS) is 17.1. The minimum atomic E-state index is 0.0924. The number of rotatable bonds is 6. The standard InChI is InChI=1S/C11H18N4O/c1-9(8-15-6-2-5-13-15)12-7-11(16)14-10-3-4-10/h2,5-6,9-10,12H,3-4,7-8H2,1H3,(H,14,16)/t9-/m1/s1. The van der Waals surface area contributed by atoms with Crippen LogP contribution < -0.4 is 10.6 Å². The highest BCUT2D eigenvalue weighted by Crippen LogP contribution is 2.18. The van der Waals surface area contributed by atoms with Crippen molar-refractivity contribution in [1.29, 1.82) is 0 Å². The summed E-state index contributed by atoms with van der Waals surface area (Å²) < 4.78 is 1.86. The number of carbonyl (C=O) groups is 1. The van der Waals surface area contributed by atoms with Crippen molar-refractivity contribution < 1.29 is 4.79 Å². The average Bonchev–Trinajstić information content (AvgIpc) is 2.91. The van der Waals surface area contributed by atoms with E-state index in [1.807, 2.05) is 23.9 Å². The number of nitrogens with zero attached hydrogens (tertiary/aromatic N) is 2. The predicted molar refractivity (Wildman–Crippen MR) is 60.9 cm³/mol. The molecule has 2 rings (SSSR count). The lowest BCUT2D eigenvalue weighted by molar-refractivity contribution is -0.120. The average molecular weight is 222 g/mol. The van der Waals surface area contributed by atoms with E-state index in [-0.39, 0.29) is 11.9 Å². The van der Waals surface area contributed by atoms with Crippen LogP contribution in [0.3, 0.4) is 0 Å². The van der Waals surface area contributed by atoms with Gasteiger partial charge in [-0.15, -0.1) is 0 Å². The molecular formula is C11H18N4O. The zero-order chi connectivity index (χ0) is 11.4. The Morgan fingerprint density at radius 1 is 1.62 bits per heavy atom. The van der Waals surface area contributed by atoms with Crippen molar-refractivity contribution >= 4 is 5.91 Å². The third-order valence-corrected chi connectivity index (χ3v) is 2.57. The molecule has 1 heterocycles. The summed E-state index contributed by atoms with van der Waals surface area (Å²) >= 11 is 0. The molecule has 1 aliphatic rings. The first-order chi connectivity index (χ1) is 7.74. The maximum Gasteiger partial charge on any atom is 0.234 e. The number of hydrogen-bond donors (Lipinski definition) is 2. The first-order valence-corrected chi connectivity index (χ1v) is 5.74. The van der Waals surface area contributed by atoms with Crippen molar-refractivity contribution in [2.75, 3.05) is 6.54 Å². The van der Waals surface area contributed by atoms with E-state index in [0.717, 1.165) is 19.4 Å². The maximum absolute atomic E-state index is 11.4. The van der Waals surface area contributed by atoms with Crippen LogP contribution in [0.4, 0.5) is 0 Å². The molecule has 0 saturated heterocycles. The summed E-state index contributed by atoms with van der Waals surface area (Å²) in [6, 6.07) is 2.58. The first kappa shape index (κ1) is 11.1. The fourth-order valence-corrected chi connectivity index (χ4v) is 1.53. The van der Waals surface area contributed by atoms with E-state index >= 15 is 0 Å². The molecule has 0 spiro atoms. The Balaban J connectivity index is 1.62. The second-order valence-corrected chi connectivity index (χ2v) is 4.35. The summed E-state index contributed by atoms with van der Waals surface area (Å²) in [5.41, 5.74) is 0. The zero-order valence-corrected chi connectivity index (χ0v) is 9.52. The molecule has 1 aromatic rings. The molecule has 0 radical (unpaired) electrons. The fourth-order valence-electron chi connectivity index (χ4n) is 1.53. The van der Waals surface area contributed by atoms with Crippen LogP contribution in [0.15, 0.2) is 18.5 Å². The SMILES string of the molecule is C[C@H](Cn1cccn1)NCC(=O)NC1CC1. The highest BCUT2D eigenvalue weighted by atomic mass is 16.2. The molecular weight excluding hydrogens is 204 g/mol. The summed E-state index contributed by atoms with van der Waals surface area (Å²) in [6.07, 6.45) is 5.94. The van der Waals surface area contributed by atoms with Gasteiger partial charge in [0.05, 0.1) is 13.1 Å². The van der Waals surface area contributed by atoms with Crippen molar-refractivity contribution in [2.24, 2.45) is 0 Å². The van der Waals surface area contributed by atoms with E-state index < -0.39 is 0 Å². The monoisotopic (exact) mass is 222 g/mol. The van der Waals surface area contributed by atoms with Gasteiger partial charge in [0, 0.05) is 24.5 Å². The Labute approximate surface area is 95.2 Å². The topological polar surface area (TPSA) is 59.0 Å². The Morgan fingerprint density at radius 3 is 3.06 bits per heavy atom. The molecule has 0 aliphatic heterocycles. The molecule has 0 unspecified atom stereocenters. The number of carbonyl (C=O) groups excluding carboxylic acids is 1. The summed E-state index contributed by atoms with van der Waals surface area (Å²) in [5, 5.41) is 10.2. The fraction of sp³-hybridized carbons (Fsp3) is 0.636. The molecule has 1 aliphatic carbocycles. The molecule has 88 valence electrons. The van der Waals surface area contributed by atoms with Gasteiger partial charge in [0.2, 0.25) is 5.91 Å². The van der Waals surface area contributed by atoms with Gasteiger partial charge in [-0.1, -0.05) is 0 Å². The van der Waals surface area contributed by atoms with Crippen LogP contribution >= 0.6 is 0 Å². The van der Waals surface area contributed by atoms with E-state index in [4.69, 9.17) is 0 Å². The molecule has 0 aromatic carbocycles. The van der Waals surface area contributed by atoms with Gasteiger partial charge in [0.25, 0.3) is 0 Å². The van der Waals surface area contributed by atoms with Crippen molar-refractivity contribution in [3.8, 4) is 0 Å². The Morgan fingerprint density at radius 2 is 2.44 bits per heavy atom. The lowest BCUT2D eigenvalue weighted by atomic mass is 10.3. The highest BCUT2D eigenvalue weighted by Gasteiger charge is 2.22. The van der Waals surface area contributed by atoms with Gasteiger partial charge < -0.3 is 10.6 Å². The largest absolute Gasteiger partial charge is 0.352 e. The molecule has 1 fully saturated rings. The highest BCUT2D eigenvalue weighted by molar-refractivity contribution is 5.78. The Bertz CT molecular complexity index is 332. The van der Waals surface area contributed by atoms with Crippen molar-refractivity contribution in [2.45, 2.75) is 38.4 Å². The van der Waals surface area contributed by atoms with Gasteiger partial charge in [-0.05, 0) is 25.8 Å². The summed E-state index contributed by atoms with van der Waals surface area (Å²) in [5.74, 6) is 0.0924. The Kier molecular flexibility index (Phi) is 3.56. The smallest absolute Gasteiger partial charge is 0.234 e. The van der Waals surface area contributed by atoms with Crippen molar-refractivity contribution in [3.05, 3.63) is 18.5 Å². The molecule has 1 amide bonds. The third-order valence-electron chi connectivity index (χ3n) is 2.57. The van der Waals surface area contributed by atoms with Crippen LogP contribution in [0.1, 0.15) is 19.8 Å². The van der Waals surface area contributed by atoms with E-state index in [9.17, 15) is 4.79 Å². The molecule has 1 saturated carbocycles. The molecule has 5 nitrogen and oxygen atoms in total. The molecule has 0 bridgehead atoms. The van der Waals surface area contributed by atoms with Crippen LogP contribution in [0, 0.1) is 0 Å². The van der Waals surface area contributed by atoms with Crippen LogP contribution in [0.2, 0.25) is 0 Å². The minimum Gasteiger partial charge on any atom is -0.352 e. The molecule has 1 aromatic heterocycles. The number of aromatic nitrogens is 2. The van der Waals surface area contributed by atoms with Crippen molar-refractivity contribution in [3.63, 3.8) is 0 Å². The molecule has 5 heteroatoms. The lowest BCUT2D eigenvalue weighted by Gasteiger charge is -2.13. The lowest BCUT2D eigenvalue weighted by Crippen LogP contribution is -2.40. The molecule has 2 N–H and O–H groups in total. The van der Waals surface area contributed by atoms with Crippen LogP contribution in [0.5, 0.6) is 0 Å². The summed E-state index contributed by atoms with van der Waals surface area (Å²) in [7, 11) is 0. The predicted octanol–water partition coefficient (Wildman–Crippen LogP) is 0.140. The third kappa shape index (κ3) is 3.66. The summed E-state index contributed by atoms with van der Waals surface area (Å²) in [6.45, 7) is 3.22. The summed E-state index contributed by atoms with van der Waals surface area (Å²) in [4.78, 5) is 11.4.